The Morgan fingerprint density at radius 3 is 2.88 bits per heavy atom. The van der Waals surface area contributed by atoms with E-state index in [2.05, 4.69) is 35.5 Å². The topological polar surface area (TPSA) is 149 Å². The van der Waals surface area contributed by atoms with Gasteiger partial charge >= 0.3 is 0 Å². The van der Waals surface area contributed by atoms with Crippen LogP contribution in [0.4, 0.5) is 15.9 Å². The number of rotatable bonds is 8. The van der Waals surface area contributed by atoms with Gasteiger partial charge in [-0.25, -0.2) is 22.7 Å². The van der Waals surface area contributed by atoms with Gasteiger partial charge in [-0.1, -0.05) is 23.7 Å². The van der Waals surface area contributed by atoms with E-state index in [4.69, 9.17) is 16.4 Å². The lowest BCUT2D eigenvalue weighted by Crippen LogP contribution is -2.29. The Morgan fingerprint density at radius 1 is 1.46 bits per heavy atom. The minimum absolute atomic E-state index is 0.0649. The first-order chi connectivity index (χ1) is 12.4. The summed E-state index contributed by atoms with van der Waals surface area (Å²) >= 11 is 5.71. The molecule has 0 amide bonds. The maximum absolute atomic E-state index is 13.2. The van der Waals surface area contributed by atoms with E-state index in [1.54, 1.807) is 6.92 Å². The van der Waals surface area contributed by atoms with Crippen molar-refractivity contribution in [2.24, 2.45) is 5.16 Å². The van der Waals surface area contributed by atoms with Gasteiger partial charge in [0.25, 0.3) is 0 Å². The highest BCUT2D eigenvalue weighted by atomic mass is 35.5. The molecule has 26 heavy (non-hydrogen) atoms. The standard InChI is InChI=1S/C13H17ClFN7O3S/c1-2-26(16,24)18-6-5-17-12-11(21-25-22-12)13(20-23)19-8-3-4-10(15)9(14)7-8/h3-4,7,23H,2,5-6H2,1H3,(H,17,22)(H,19,20)(H2,16,18,24). The van der Waals surface area contributed by atoms with Crippen molar-refractivity contribution in [2.45, 2.75) is 6.92 Å². The third-order valence-electron chi connectivity index (χ3n) is 3.15. The van der Waals surface area contributed by atoms with Crippen molar-refractivity contribution < 1.29 is 18.4 Å². The molecule has 0 saturated heterocycles. The number of halogens is 2. The second-order valence-corrected chi connectivity index (χ2v) is 7.57. The molecule has 0 bridgehead atoms. The number of hydrogen-bond acceptors (Lipinski definition) is 8. The highest BCUT2D eigenvalue weighted by Gasteiger charge is 2.18. The van der Waals surface area contributed by atoms with Crippen LogP contribution in [0.5, 0.6) is 0 Å². The van der Waals surface area contributed by atoms with Crippen molar-refractivity contribution in [1.82, 2.24) is 15.0 Å². The number of anilines is 2. The van der Waals surface area contributed by atoms with Crippen molar-refractivity contribution in [1.29, 1.82) is 4.78 Å². The fourth-order valence-electron chi connectivity index (χ4n) is 1.80. The summed E-state index contributed by atoms with van der Waals surface area (Å²) in [6.07, 6.45) is 0. The highest BCUT2D eigenvalue weighted by molar-refractivity contribution is 7.90. The van der Waals surface area contributed by atoms with Gasteiger partial charge in [0.1, 0.15) is 15.7 Å². The number of oxime groups is 1. The van der Waals surface area contributed by atoms with Crippen LogP contribution in [0.25, 0.3) is 0 Å². The Morgan fingerprint density at radius 2 is 2.23 bits per heavy atom. The Hall–Kier alpha value is -2.44. The molecule has 1 atom stereocenters. The zero-order valence-electron chi connectivity index (χ0n) is 13.6. The molecule has 2 rings (SSSR count). The molecule has 1 unspecified atom stereocenters. The van der Waals surface area contributed by atoms with E-state index in [0.29, 0.717) is 5.69 Å². The van der Waals surface area contributed by atoms with Crippen LogP contribution < -0.4 is 15.4 Å². The predicted molar refractivity (Wildman–Crippen MR) is 95.5 cm³/mol. The van der Waals surface area contributed by atoms with Crippen LogP contribution >= 0.6 is 11.6 Å². The molecule has 1 heterocycles. The third kappa shape index (κ3) is 5.28. The lowest BCUT2D eigenvalue weighted by molar-refractivity contribution is 0.305. The highest BCUT2D eigenvalue weighted by Crippen LogP contribution is 2.20. The number of hydrogen-bond donors (Lipinski definition) is 5. The van der Waals surface area contributed by atoms with Gasteiger partial charge in [-0.3, -0.25) is 0 Å². The summed E-state index contributed by atoms with van der Waals surface area (Å²) in [5, 5.41) is 25.1. The molecule has 5 N–H and O–H groups in total. The summed E-state index contributed by atoms with van der Waals surface area (Å²) in [5.74, 6) is -0.346. The van der Waals surface area contributed by atoms with Crippen molar-refractivity contribution in [3.8, 4) is 0 Å². The number of nitrogens with one attached hydrogen (secondary N) is 4. The zero-order chi connectivity index (χ0) is 19.2. The quantitative estimate of drug-likeness (QED) is 0.148. The number of benzene rings is 1. The number of nitrogens with zero attached hydrogens (tertiary/aromatic N) is 3. The van der Waals surface area contributed by atoms with E-state index in [-0.39, 0.29) is 41.2 Å². The molecule has 142 valence electrons. The molecule has 0 spiro atoms. The Bertz CT molecular complexity index is 888. The summed E-state index contributed by atoms with van der Waals surface area (Å²) in [7, 11) is -2.81. The first kappa shape index (κ1) is 19.9. The lowest BCUT2D eigenvalue weighted by Gasteiger charge is -2.09. The van der Waals surface area contributed by atoms with Crippen LogP contribution in [0.3, 0.4) is 0 Å². The zero-order valence-corrected chi connectivity index (χ0v) is 15.2. The van der Waals surface area contributed by atoms with Gasteiger partial charge in [-0.05, 0) is 28.5 Å². The SMILES string of the molecule is CCS(=N)(=O)NCCNc1nonc1/C(=N/O)Nc1ccc(F)c(Cl)c1. The summed E-state index contributed by atoms with van der Waals surface area (Å²) in [5.41, 5.74) is 0.423. The summed E-state index contributed by atoms with van der Waals surface area (Å²) in [4.78, 5) is 0. The maximum Gasteiger partial charge on any atom is 0.203 e. The molecule has 0 aliphatic heterocycles. The van der Waals surface area contributed by atoms with Gasteiger partial charge in [-0.15, -0.1) is 0 Å². The molecule has 10 nitrogen and oxygen atoms in total. The third-order valence-corrected chi connectivity index (χ3v) is 4.93. The van der Waals surface area contributed by atoms with Crippen LogP contribution in [-0.4, -0.2) is 44.4 Å². The molecule has 0 radical (unpaired) electrons. The van der Waals surface area contributed by atoms with Crippen LogP contribution in [0.1, 0.15) is 12.6 Å². The largest absolute Gasteiger partial charge is 0.409 e. The van der Waals surface area contributed by atoms with Gasteiger partial charge < -0.3 is 15.8 Å². The van der Waals surface area contributed by atoms with Crippen molar-refractivity contribution in [3.05, 3.63) is 34.7 Å². The Kier molecular flexibility index (Phi) is 6.71. The summed E-state index contributed by atoms with van der Waals surface area (Å²) in [6, 6.07) is 3.85. The van der Waals surface area contributed by atoms with Gasteiger partial charge in [-0.2, -0.15) is 0 Å². The van der Waals surface area contributed by atoms with E-state index < -0.39 is 15.7 Å². The van der Waals surface area contributed by atoms with Crippen molar-refractivity contribution >= 4 is 38.9 Å². The minimum Gasteiger partial charge on any atom is -0.409 e. The van der Waals surface area contributed by atoms with Crippen LogP contribution in [0.2, 0.25) is 5.02 Å². The van der Waals surface area contributed by atoms with Crippen LogP contribution in [0.15, 0.2) is 28.0 Å². The summed E-state index contributed by atoms with van der Waals surface area (Å²) in [6.45, 7) is 2.14. The fourth-order valence-corrected chi connectivity index (χ4v) is 2.62. The molecule has 0 saturated carbocycles. The van der Waals surface area contributed by atoms with Gasteiger partial charge in [0.15, 0.2) is 5.69 Å². The van der Waals surface area contributed by atoms with Crippen molar-refractivity contribution in [3.63, 3.8) is 0 Å². The lowest BCUT2D eigenvalue weighted by atomic mass is 10.3. The van der Waals surface area contributed by atoms with E-state index in [1.165, 1.54) is 12.1 Å². The molecular weight excluding hydrogens is 389 g/mol. The Balaban J connectivity index is 2.03. The van der Waals surface area contributed by atoms with Gasteiger partial charge in [0.05, 0.1) is 5.02 Å². The molecule has 0 fully saturated rings. The molecule has 0 aliphatic rings. The van der Waals surface area contributed by atoms with Gasteiger partial charge in [0, 0.05) is 24.5 Å². The number of amidine groups is 1. The smallest absolute Gasteiger partial charge is 0.203 e. The normalized spacial score (nSPS) is 14.0. The molecule has 0 aliphatic carbocycles. The molecule has 1 aromatic heterocycles. The average Bonchev–Trinajstić information content (AvgIpc) is 3.08. The molecule has 13 heteroatoms. The Labute approximate surface area is 153 Å². The minimum atomic E-state index is -2.81. The maximum atomic E-state index is 13.2. The summed E-state index contributed by atoms with van der Waals surface area (Å²) < 4.78 is 39.5. The van der Waals surface area contributed by atoms with Crippen LogP contribution in [-0.2, 0) is 9.92 Å². The average molecular weight is 406 g/mol. The van der Waals surface area contributed by atoms with E-state index in [1.807, 2.05) is 0 Å². The van der Waals surface area contributed by atoms with E-state index in [9.17, 15) is 13.8 Å². The number of aromatic nitrogens is 2. The van der Waals surface area contributed by atoms with Gasteiger partial charge in [0.2, 0.25) is 11.7 Å². The first-order valence-electron chi connectivity index (χ1n) is 7.38. The first-order valence-corrected chi connectivity index (χ1v) is 9.48. The van der Waals surface area contributed by atoms with E-state index in [0.717, 1.165) is 6.07 Å². The van der Waals surface area contributed by atoms with Crippen LogP contribution in [0, 0.1) is 10.6 Å². The second kappa shape index (κ2) is 8.78. The molecule has 1 aromatic carbocycles. The molecule has 2 aromatic rings. The van der Waals surface area contributed by atoms with Crippen molar-refractivity contribution in [2.75, 3.05) is 29.5 Å². The van der Waals surface area contributed by atoms with E-state index >= 15 is 0 Å². The second-order valence-electron chi connectivity index (χ2n) is 4.95. The molecular formula is C13H17ClFN7O3S. The predicted octanol–water partition coefficient (Wildman–Crippen LogP) is 2.09. The fraction of sp³-hybridized carbons (Fsp3) is 0.308. The monoisotopic (exact) mass is 405 g/mol.